The normalized spacial score (nSPS) is 10.6. The van der Waals surface area contributed by atoms with E-state index in [0.29, 0.717) is 34.8 Å². The summed E-state index contributed by atoms with van der Waals surface area (Å²) in [6.07, 6.45) is 4.65. The third-order valence-corrected chi connectivity index (χ3v) is 4.59. The van der Waals surface area contributed by atoms with Crippen LogP contribution in [0.1, 0.15) is 17.3 Å². The van der Waals surface area contributed by atoms with Crippen LogP contribution in [0.15, 0.2) is 61.2 Å². The average molecular weight is 430 g/mol. The highest BCUT2D eigenvalue weighted by Crippen LogP contribution is 2.25. The summed E-state index contributed by atoms with van der Waals surface area (Å²) in [6.45, 7) is 2.30. The van der Waals surface area contributed by atoms with Crippen molar-refractivity contribution in [3.05, 3.63) is 66.7 Å². The minimum Gasteiger partial charge on any atom is -0.355 e. The first kappa shape index (κ1) is 20.8. The van der Waals surface area contributed by atoms with E-state index in [9.17, 15) is 9.59 Å². The number of imidazole rings is 1. The van der Waals surface area contributed by atoms with E-state index in [-0.39, 0.29) is 11.9 Å². The largest absolute Gasteiger partial charge is 0.355 e. The average Bonchev–Trinajstić information content (AvgIpc) is 3.15. The van der Waals surface area contributed by atoms with Crippen LogP contribution in [0.3, 0.4) is 0 Å². The number of rotatable bonds is 6. The molecule has 32 heavy (non-hydrogen) atoms. The molecule has 0 spiro atoms. The number of para-hydroxylation sites is 1. The molecule has 3 aromatic heterocycles. The third kappa shape index (κ3) is 4.64. The monoisotopic (exact) mass is 430 g/mol. The Bertz CT molecular complexity index is 1270. The predicted octanol–water partition coefficient (Wildman–Crippen LogP) is 3.50. The Balaban J connectivity index is 1.62. The van der Waals surface area contributed by atoms with E-state index in [2.05, 4.69) is 36.2 Å². The number of hydrogen-bond acceptors (Lipinski definition) is 6. The molecular formula is C22H22N8O2. The lowest BCUT2D eigenvalue weighted by molar-refractivity contribution is 0.102. The number of urea groups is 1. The molecule has 4 aromatic rings. The molecule has 1 aromatic carbocycles. The molecule has 3 amide bonds. The highest BCUT2D eigenvalue weighted by Gasteiger charge is 2.16. The number of aromatic nitrogens is 4. The second kappa shape index (κ2) is 9.13. The topological polar surface area (TPSA) is 126 Å². The van der Waals surface area contributed by atoms with Crippen LogP contribution in [0.2, 0.25) is 0 Å². The maximum absolute atomic E-state index is 13.1. The number of nitrogens with zero attached hydrogens (tertiary/aromatic N) is 4. The van der Waals surface area contributed by atoms with Gasteiger partial charge < -0.3 is 20.5 Å². The fourth-order valence-corrected chi connectivity index (χ4v) is 3.09. The number of anilines is 4. The molecule has 0 aliphatic carbocycles. The SMILES string of the molecule is CCNC(=O)Nc1cc(Nc2ccccc2)c(C(=O)Nc2cnc3c(c2)ncn3C)cn1. The minimum absolute atomic E-state index is 0.302. The number of amides is 3. The second-order valence-electron chi connectivity index (χ2n) is 6.97. The van der Waals surface area contributed by atoms with Crippen LogP contribution in [-0.2, 0) is 7.05 Å². The Hall–Kier alpha value is -4.47. The number of hydrogen-bond donors (Lipinski definition) is 4. The van der Waals surface area contributed by atoms with Crippen LogP contribution in [0, 0.1) is 0 Å². The van der Waals surface area contributed by atoms with Gasteiger partial charge in [-0.1, -0.05) is 18.2 Å². The van der Waals surface area contributed by atoms with Crippen molar-refractivity contribution in [2.75, 3.05) is 22.5 Å². The number of pyridine rings is 2. The lowest BCUT2D eigenvalue weighted by Crippen LogP contribution is -2.28. The van der Waals surface area contributed by atoms with E-state index in [1.807, 2.05) is 44.3 Å². The molecule has 10 heteroatoms. The van der Waals surface area contributed by atoms with Crippen LogP contribution in [-0.4, -0.2) is 38.0 Å². The summed E-state index contributed by atoms with van der Waals surface area (Å²) in [4.78, 5) is 37.8. The van der Waals surface area contributed by atoms with Gasteiger partial charge in [0.05, 0.1) is 29.5 Å². The summed E-state index contributed by atoms with van der Waals surface area (Å²) >= 11 is 0. The van der Waals surface area contributed by atoms with Crippen molar-refractivity contribution in [2.24, 2.45) is 7.05 Å². The number of aryl methyl sites for hydroxylation is 1. The van der Waals surface area contributed by atoms with Crippen LogP contribution >= 0.6 is 0 Å². The standard InChI is InChI=1S/C22H22N8O2/c1-3-23-22(32)29-19-10-17(27-14-7-5-4-6-8-14)16(12-24-19)21(31)28-15-9-18-20(25-11-15)30(2)13-26-18/h4-13H,3H2,1-2H3,(H,28,31)(H3,23,24,27,29,32). The van der Waals surface area contributed by atoms with E-state index >= 15 is 0 Å². The predicted molar refractivity (Wildman–Crippen MR) is 123 cm³/mol. The fraction of sp³-hybridized carbons (Fsp3) is 0.136. The molecule has 4 rings (SSSR count). The minimum atomic E-state index is -0.377. The van der Waals surface area contributed by atoms with Gasteiger partial charge >= 0.3 is 6.03 Å². The first-order valence-corrected chi connectivity index (χ1v) is 9.99. The maximum atomic E-state index is 13.1. The van der Waals surface area contributed by atoms with Gasteiger partial charge in [0.1, 0.15) is 11.3 Å². The third-order valence-electron chi connectivity index (χ3n) is 4.59. The first-order chi connectivity index (χ1) is 15.5. The van der Waals surface area contributed by atoms with Crippen molar-refractivity contribution in [3.8, 4) is 0 Å². The highest BCUT2D eigenvalue weighted by atomic mass is 16.2. The lowest BCUT2D eigenvalue weighted by Gasteiger charge is -2.14. The maximum Gasteiger partial charge on any atom is 0.320 e. The van der Waals surface area contributed by atoms with Crippen molar-refractivity contribution in [1.29, 1.82) is 0 Å². The van der Waals surface area contributed by atoms with E-state index in [1.54, 1.807) is 29.2 Å². The number of fused-ring (bicyclic) bond motifs is 1. The van der Waals surface area contributed by atoms with E-state index in [0.717, 1.165) is 11.3 Å². The van der Waals surface area contributed by atoms with Gasteiger partial charge in [-0.15, -0.1) is 0 Å². The van der Waals surface area contributed by atoms with Gasteiger partial charge in [-0.3, -0.25) is 10.1 Å². The Kier molecular flexibility index (Phi) is 5.93. The Morgan fingerprint density at radius 2 is 1.78 bits per heavy atom. The molecular weight excluding hydrogens is 408 g/mol. The van der Waals surface area contributed by atoms with Gasteiger partial charge in [-0.2, -0.15) is 0 Å². The van der Waals surface area contributed by atoms with E-state index in [4.69, 9.17) is 0 Å². The lowest BCUT2D eigenvalue weighted by atomic mass is 10.2. The molecule has 0 bridgehead atoms. The molecule has 0 fully saturated rings. The number of benzene rings is 1. The molecule has 4 N–H and O–H groups in total. The second-order valence-corrected chi connectivity index (χ2v) is 6.97. The summed E-state index contributed by atoms with van der Waals surface area (Å²) in [7, 11) is 1.85. The van der Waals surface area contributed by atoms with Crippen LogP contribution in [0.4, 0.5) is 27.7 Å². The van der Waals surface area contributed by atoms with Crippen LogP contribution in [0.5, 0.6) is 0 Å². The van der Waals surface area contributed by atoms with Crippen molar-refractivity contribution in [3.63, 3.8) is 0 Å². The van der Waals surface area contributed by atoms with Gasteiger partial charge in [0, 0.05) is 31.5 Å². The molecule has 10 nitrogen and oxygen atoms in total. The fourth-order valence-electron chi connectivity index (χ4n) is 3.09. The summed E-state index contributed by atoms with van der Waals surface area (Å²) in [5.41, 5.74) is 3.48. The number of carbonyl (C=O) groups excluding carboxylic acids is 2. The first-order valence-electron chi connectivity index (χ1n) is 9.99. The molecule has 0 saturated heterocycles. The van der Waals surface area contributed by atoms with E-state index < -0.39 is 0 Å². The van der Waals surface area contributed by atoms with Crippen LogP contribution < -0.4 is 21.3 Å². The molecule has 0 aliphatic rings. The summed E-state index contributed by atoms with van der Waals surface area (Å²) < 4.78 is 1.80. The summed E-state index contributed by atoms with van der Waals surface area (Å²) in [5.74, 6) is -0.0694. The zero-order valence-corrected chi connectivity index (χ0v) is 17.6. The Morgan fingerprint density at radius 3 is 2.56 bits per heavy atom. The van der Waals surface area contributed by atoms with Crippen molar-refractivity contribution in [2.45, 2.75) is 6.92 Å². The molecule has 0 atom stereocenters. The number of nitrogens with one attached hydrogen (secondary N) is 4. The van der Waals surface area contributed by atoms with Crippen LogP contribution in [0.25, 0.3) is 11.2 Å². The summed E-state index contributed by atoms with van der Waals surface area (Å²) in [5, 5.41) is 11.3. The van der Waals surface area contributed by atoms with Gasteiger partial charge in [0.2, 0.25) is 0 Å². The molecule has 162 valence electrons. The molecule has 0 saturated carbocycles. The zero-order valence-electron chi connectivity index (χ0n) is 17.6. The van der Waals surface area contributed by atoms with Gasteiger partial charge in [-0.05, 0) is 25.1 Å². The van der Waals surface area contributed by atoms with Gasteiger partial charge in [0.15, 0.2) is 5.65 Å². The zero-order chi connectivity index (χ0) is 22.5. The molecule has 3 heterocycles. The number of carbonyl (C=O) groups is 2. The van der Waals surface area contributed by atoms with Crippen molar-refractivity contribution in [1.82, 2.24) is 24.8 Å². The van der Waals surface area contributed by atoms with Gasteiger partial charge in [-0.25, -0.2) is 19.7 Å². The van der Waals surface area contributed by atoms with Crippen molar-refractivity contribution >= 4 is 46.0 Å². The molecule has 0 radical (unpaired) electrons. The molecule has 0 aliphatic heterocycles. The Labute approximate surface area is 184 Å². The highest BCUT2D eigenvalue weighted by molar-refractivity contribution is 6.09. The summed E-state index contributed by atoms with van der Waals surface area (Å²) in [6, 6.07) is 12.4. The quantitative estimate of drug-likeness (QED) is 0.371. The van der Waals surface area contributed by atoms with E-state index in [1.165, 1.54) is 6.20 Å². The smallest absolute Gasteiger partial charge is 0.320 e. The van der Waals surface area contributed by atoms with Gasteiger partial charge in [0.25, 0.3) is 5.91 Å². The molecule has 0 unspecified atom stereocenters. The van der Waals surface area contributed by atoms with Crippen molar-refractivity contribution < 1.29 is 9.59 Å². The Morgan fingerprint density at radius 1 is 0.969 bits per heavy atom.